The minimum Gasteiger partial charge on any atom is -0.481 e. The highest BCUT2D eigenvalue weighted by molar-refractivity contribution is 7.99. The number of aryl methyl sites for hydroxylation is 1. The molecule has 1 aromatic carbocycles. The first kappa shape index (κ1) is 11.9. The van der Waals surface area contributed by atoms with Crippen LogP contribution in [0.1, 0.15) is 12.1 Å². The molecule has 2 rings (SSSR count). The number of fused-ring (bicyclic) bond motifs is 1. The molecule has 2 aromatic rings. The van der Waals surface area contributed by atoms with Gasteiger partial charge in [-0.2, -0.15) is 0 Å². The number of hydrogen-bond acceptors (Lipinski definition) is 3. The summed E-state index contributed by atoms with van der Waals surface area (Å²) in [5, 5.41) is 9.72. The van der Waals surface area contributed by atoms with E-state index in [1.165, 1.54) is 0 Å². The van der Waals surface area contributed by atoms with Gasteiger partial charge in [-0.15, -0.1) is 11.8 Å². The number of benzene rings is 1. The van der Waals surface area contributed by atoms with Gasteiger partial charge in [-0.05, 0) is 19.1 Å². The van der Waals surface area contributed by atoms with E-state index in [0.717, 1.165) is 21.5 Å². The van der Waals surface area contributed by atoms with E-state index in [2.05, 4.69) is 4.98 Å². The molecule has 0 atom stereocenters. The molecule has 0 bridgehead atoms. The lowest BCUT2D eigenvalue weighted by atomic mass is 10.2. The molecule has 0 aliphatic heterocycles. The van der Waals surface area contributed by atoms with Crippen LogP contribution in [-0.4, -0.2) is 21.8 Å². The average molecular weight is 247 g/mol. The highest BCUT2D eigenvalue weighted by Gasteiger charge is 2.05. The first-order valence-electron chi connectivity index (χ1n) is 5.38. The molecule has 0 spiro atoms. The van der Waals surface area contributed by atoms with Crippen molar-refractivity contribution in [1.82, 2.24) is 4.98 Å². The number of carbonyl (C=O) groups is 1. The second kappa shape index (κ2) is 5.19. The minimum atomic E-state index is -0.757. The third kappa shape index (κ3) is 2.97. The zero-order valence-corrected chi connectivity index (χ0v) is 10.3. The van der Waals surface area contributed by atoms with Crippen LogP contribution in [-0.2, 0) is 4.79 Å². The van der Waals surface area contributed by atoms with Gasteiger partial charge in [0.25, 0.3) is 0 Å². The number of aliphatic carboxylic acids is 1. The number of para-hydroxylation sites is 1. The van der Waals surface area contributed by atoms with Crippen LogP contribution in [0.4, 0.5) is 0 Å². The summed E-state index contributed by atoms with van der Waals surface area (Å²) in [6.45, 7) is 1.95. The second-order valence-corrected chi connectivity index (χ2v) is 4.91. The van der Waals surface area contributed by atoms with Crippen molar-refractivity contribution in [3.8, 4) is 0 Å². The molecule has 1 N–H and O–H groups in total. The monoisotopic (exact) mass is 247 g/mol. The Bertz CT molecular complexity index is 554. The van der Waals surface area contributed by atoms with Gasteiger partial charge < -0.3 is 5.11 Å². The van der Waals surface area contributed by atoms with Crippen LogP contribution < -0.4 is 0 Å². The number of rotatable bonds is 4. The molecule has 17 heavy (non-hydrogen) atoms. The number of carboxylic acid groups (broad SMARTS) is 1. The highest BCUT2D eigenvalue weighted by atomic mass is 32.2. The molecule has 0 radical (unpaired) electrons. The smallest absolute Gasteiger partial charge is 0.304 e. The summed E-state index contributed by atoms with van der Waals surface area (Å²) in [5.74, 6) is -0.171. The van der Waals surface area contributed by atoms with Crippen molar-refractivity contribution in [2.45, 2.75) is 18.2 Å². The van der Waals surface area contributed by atoms with Gasteiger partial charge >= 0.3 is 5.97 Å². The predicted molar refractivity (Wildman–Crippen MR) is 69.5 cm³/mol. The van der Waals surface area contributed by atoms with E-state index in [9.17, 15) is 4.79 Å². The Morgan fingerprint density at radius 1 is 1.41 bits per heavy atom. The fraction of sp³-hybridized carbons (Fsp3) is 0.231. The van der Waals surface area contributed by atoms with Crippen molar-refractivity contribution in [2.24, 2.45) is 0 Å². The van der Waals surface area contributed by atoms with E-state index < -0.39 is 5.97 Å². The van der Waals surface area contributed by atoms with Crippen LogP contribution in [0, 0.1) is 6.92 Å². The van der Waals surface area contributed by atoms with Crippen LogP contribution in [0.2, 0.25) is 0 Å². The van der Waals surface area contributed by atoms with Crippen molar-refractivity contribution >= 4 is 28.6 Å². The molecule has 3 nitrogen and oxygen atoms in total. The van der Waals surface area contributed by atoms with Crippen molar-refractivity contribution in [3.05, 3.63) is 36.0 Å². The number of pyridine rings is 1. The molecule has 1 aromatic heterocycles. The molecule has 4 heteroatoms. The number of hydrogen-bond donors (Lipinski definition) is 1. The zero-order valence-electron chi connectivity index (χ0n) is 9.51. The van der Waals surface area contributed by atoms with Gasteiger partial charge in [-0.25, -0.2) is 0 Å². The first-order valence-corrected chi connectivity index (χ1v) is 6.36. The van der Waals surface area contributed by atoms with Crippen molar-refractivity contribution < 1.29 is 9.90 Å². The Kier molecular flexibility index (Phi) is 3.64. The number of thioether (sulfide) groups is 1. The van der Waals surface area contributed by atoms with Crippen LogP contribution in [0.25, 0.3) is 10.9 Å². The van der Waals surface area contributed by atoms with E-state index in [1.807, 2.05) is 37.3 Å². The maximum absolute atomic E-state index is 10.5. The van der Waals surface area contributed by atoms with Crippen LogP contribution in [0.5, 0.6) is 0 Å². The Morgan fingerprint density at radius 2 is 2.18 bits per heavy atom. The summed E-state index contributed by atoms with van der Waals surface area (Å²) >= 11 is 1.57. The summed E-state index contributed by atoms with van der Waals surface area (Å²) in [6, 6.07) is 9.93. The highest BCUT2D eigenvalue weighted by Crippen LogP contribution is 2.28. The van der Waals surface area contributed by atoms with Crippen LogP contribution in [0.3, 0.4) is 0 Å². The molecule has 0 unspecified atom stereocenters. The van der Waals surface area contributed by atoms with Crippen molar-refractivity contribution in [1.29, 1.82) is 0 Å². The summed E-state index contributed by atoms with van der Waals surface area (Å²) < 4.78 is 0. The standard InChI is InChI=1S/C13H13NO2S/c1-9-8-12(17-7-6-13(15)16)10-4-2-3-5-11(10)14-9/h2-5,8H,6-7H2,1H3,(H,15,16). The molecule has 1 heterocycles. The molecule has 0 aliphatic carbocycles. The lowest BCUT2D eigenvalue weighted by molar-refractivity contribution is -0.136. The molecule has 0 saturated carbocycles. The van der Waals surface area contributed by atoms with E-state index in [4.69, 9.17) is 5.11 Å². The normalized spacial score (nSPS) is 10.6. The predicted octanol–water partition coefficient (Wildman–Crippen LogP) is 3.11. The van der Waals surface area contributed by atoms with Gasteiger partial charge in [0.2, 0.25) is 0 Å². The van der Waals surface area contributed by atoms with Gasteiger partial charge in [-0.1, -0.05) is 18.2 Å². The lowest BCUT2D eigenvalue weighted by Gasteiger charge is -2.06. The Hall–Kier alpha value is -1.55. The van der Waals surface area contributed by atoms with E-state index in [-0.39, 0.29) is 6.42 Å². The quantitative estimate of drug-likeness (QED) is 0.843. The largest absolute Gasteiger partial charge is 0.481 e. The van der Waals surface area contributed by atoms with Gasteiger partial charge in [0.1, 0.15) is 0 Å². The first-order chi connectivity index (χ1) is 8.16. The third-order valence-electron chi connectivity index (χ3n) is 2.38. The number of aromatic nitrogens is 1. The van der Waals surface area contributed by atoms with Crippen molar-refractivity contribution in [3.63, 3.8) is 0 Å². The van der Waals surface area contributed by atoms with E-state index in [1.54, 1.807) is 11.8 Å². The van der Waals surface area contributed by atoms with Crippen LogP contribution in [0.15, 0.2) is 35.2 Å². The van der Waals surface area contributed by atoms with Gasteiger partial charge in [0.15, 0.2) is 0 Å². The lowest BCUT2D eigenvalue weighted by Crippen LogP contribution is -1.96. The van der Waals surface area contributed by atoms with Gasteiger partial charge in [0, 0.05) is 21.7 Å². The maximum Gasteiger partial charge on any atom is 0.304 e. The fourth-order valence-corrected chi connectivity index (χ4v) is 2.72. The summed E-state index contributed by atoms with van der Waals surface area (Å²) in [5.41, 5.74) is 1.92. The fourth-order valence-electron chi connectivity index (χ4n) is 1.64. The molecular weight excluding hydrogens is 234 g/mol. The Labute approximate surface area is 104 Å². The third-order valence-corrected chi connectivity index (χ3v) is 3.44. The van der Waals surface area contributed by atoms with Crippen molar-refractivity contribution in [2.75, 3.05) is 5.75 Å². The average Bonchev–Trinajstić information content (AvgIpc) is 2.28. The second-order valence-electron chi connectivity index (χ2n) is 3.77. The summed E-state index contributed by atoms with van der Waals surface area (Å²) in [4.78, 5) is 16.1. The van der Waals surface area contributed by atoms with Gasteiger partial charge in [-0.3, -0.25) is 9.78 Å². The minimum absolute atomic E-state index is 0.181. The van der Waals surface area contributed by atoms with E-state index >= 15 is 0 Å². The van der Waals surface area contributed by atoms with E-state index in [0.29, 0.717) is 5.75 Å². The number of nitrogens with zero attached hydrogens (tertiary/aromatic N) is 1. The molecule has 0 fully saturated rings. The number of carboxylic acids is 1. The summed E-state index contributed by atoms with van der Waals surface area (Å²) in [6.07, 6.45) is 0.181. The Morgan fingerprint density at radius 3 is 2.94 bits per heavy atom. The topological polar surface area (TPSA) is 50.2 Å². The Balaban J connectivity index is 2.29. The molecule has 0 aliphatic rings. The van der Waals surface area contributed by atoms with Crippen LogP contribution >= 0.6 is 11.8 Å². The molecule has 0 amide bonds. The summed E-state index contributed by atoms with van der Waals surface area (Å²) in [7, 11) is 0. The maximum atomic E-state index is 10.5. The molecule has 88 valence electrons. The zero-order chi connectivity index (χ0) is 12.3. The molecular formula is C13H13NO2S. The SMILES string of the molecule is Cc1cc(SCCC(=O)O)c2ccccc2n1. The molecule has 0 saturated heterocycles. The van der Waals surface area contributed by atoms with Gasteiger partial charge in [0.05, 0.1) is 11.9 Å².